The van der Waals surface area contributed by atoms with Gasteiger partial charge in [0.2, 0.25) is 5.76 Å². The molecule has 0 aliphatic carbocycles. The Morgan fingerprint density at radius 2 is 1.74 bits per heavy atom. The Morgan fingerprint density at radius 3 is 2.44 bits per heavy atom. The molecule has 0 radical (unpaired) electrons. The zero-order valence-corrected chi connectivity index (χ0v) is 22.4. The predicted octanol–water partition coefficient (Wildman–Crippen LogP) is 5.38. The van der Waals surface area contributed by atoms with E-state index in [9.17, 15) is 18.0 Å². The maximum Gasteiger partial charge on any atom is 0.379 e. The Hall–Kier alpha value is -4.32. The van der Waals surface area contributed by atoms with E-state index in [1.165, 1.54) is 74.2 Å². The Balaban J connectivity index is 1.44. The van der Waals surface area contributed by atoms with Gasteiger partial charge in [-0.25, -0.2) is 18.6 Å². The Bertz CT molecular complexity index is 1640. The van der Waals surface area contributed by atoms with Gasteiger partial charge in [-0.15, -0.1) is 0 Å². The van der Waals surface area contributed by atoms with Crippen LogP contribution in [0.2, 0.25) is 10.0 Å². The molecule has 0 aliphatic heterocycles. The standard InChI is InChI=1S/C26H19Cl2N3O7S/c1-36-23-13-16(4-11-21(23)38-26(33)22-3-2-12-37-22)15-29-30-25(32)17-5-10-20(28)24(14-17)39(34,35)31-19-8-6-18(27)7-9-19/h2-15,31H,1H3,(H,30,32)/b29-15+. The van der Waals surface area contributed by atoms with E-state index >= 15 is 0 Å². The van der Waals surface area contributed by atoms with Crippen molar-refractivity contribution in [3.05, 3.63) is 106 Å². The Labute approximate surface area is 233 Å². The van der Waals surface area contributed by atoms with Gasteiger partial charge in [0.1, 0.15) is 4.90 Å². The van der Waals surface area contributed by atoms with Gasteiger partial charge in [-0.05, 0) is 78.4 Å². The highest BCUT2D eigenvalue weighted by atomic mass is 35.5. The fourth-order valence-electron chi connectivity index (χ4n) is 3.20. The first-order valence-electron chi connectivity index (χ1n) is 11.0. The van der Waals surface area contributed by atoms with E-state index in [2.05, 4.69) is 15.2 Å². The summed E-state index contributed by atoms with van der Waals surface area (Å²) < 4.78 is 43.7. The number of benzene rings is 3. The molecule has 1 amide bonds. The molecule has 200 valence electrons. The summed E-state index contributed by atoms with van der Waals surface area (Å²) in [6.45, 7) is 0. The summed E-state index contributed by atoms with van der Waals surface area (Å²) in [7, 11) is -2.71. The average molecular weight is 588 g/mol. The van der Waals surface area contributed by atoms with Crippen LogP contribution in [0.3, 0.4) is 0 Å². The number of hydrazone groups is 1. The van der Waals surface area contributed by atoms with Crippen molar-refractivity contribution in [2.75, 3.05) is 11.8 Å². The minimum atomic E-state index is -4.11. The summed E-state index contributed by atoms with van der Waals surface area (Å²) in [6, 6.07) is 17.5. The van der Waals surface area contributed by atoms with Crippen molar-refractivity contribution in [2.24, 2.45) is 5.10 Å². The van der Waals surface area contributed by atoms with Crippen LogP contribution in [0.4, 0.5) is 5.69 Å². The second kappa shape index (κ2) is 12.0. The van der Waals surface area contributed by atoms with E-state index in [0.29, 0.717) is 10.6 Å². The third-order valence-electron chi connectivity index (χ3n) is 5.07. The number of anilines is 1. The fraction of sp³-hybridized carbons (Fsp3) is 0.0385. The molecule has 1 heterocycles. The zero-order valence-electron chi connectivity index (χ0n) is 20.1. The van der Waals surface area contributed by atoms with Crippen molar-refractivity contribution < 1.29 is 31.9 Å². The molecule has 1 aromatic heterocycles. The van der Waals surface area contributed by atoms with E-state index in [-0.39, 0.29) is 38.4 Å². The van der Waals surface area contributed by atoms with E-state index in [0.717, 1.165) is 6.07 Å². The second-order valence-corrected chi connectivity index (χ2v) is 10.2. The molecule has 13 heteroatoms. The van der Waals surface area contributed by atoms with Gasteiger partial charge >= 0.3 is 5.97 Å². The molecule has 3 aromatic carbocycles. The van der Waals surface area contributed by atoms with Crippen LogP contribution in [0.25, 0.3) is 0 Å². The molecule has 2 N–H and O–H groups in total. The van der Waals surface area contributed by atoms with Crippen molar-refractivity contribution in [3.8, 4) is 11.5 Å². The summed E-state index contributed by atoms with van der Waals surface area (Å²) >= 11 is 12.0. The molecule has 0 saturated heterocycles. The molecule has 4 rings (SSSR count). The maximum absolute atomic E-state index is 12.9. The first kappa shape index (κ1) is 27.7. The lowest BCUT2D eigenvalue weighted by Crippen LogP contribution is -2.19. The lowest BCUT2D eigenvalue weighted by molar-refractivity contribution is 0.0696. The number of halogens is 2. The number of methoxy groups -OCH3 is 1. The van der Waals surface area contributed by atoms with Gasteiger partial charge in [0.25, 0.3) is 15.9 Å². The summed E-state index contributed by atoms with van der Waals surface area (Å²) in [5, 5.41) is 4.27. The largest absolute Gasteiger partial charge is 0.493 e. The van der Waals surface area contributed by atoms with Crippen LogP contribution in [-0.4, -0.2) is 33.6 Å². The summed E-state index contributed by atoms with van der Waals surface area (Å²) in [6.07, 6.45) is 2.68. The predicted molar refractivity (Wildman–Crippen MR) is 145 cm³/mol. The Morgan fingerprint density at radius 1 is 0.974 bits per heavy atom. The first-order valence-corrected chi connectivity index (χ1v) is 13.3. The van der Waals surface area contributed by atoms with Crippen molar-refractivity contribution >= 4 is 57.0 Å². The first-order chi connectivity index (χ1) is 18.7. The van der Waals surface area contributed by atoms with Crippen LogP contribution in [0.15, 0.2) is 93.5 Å². The number of ether oxygens (including phenoxy) is 2. The van der Waals surface area contributed by atoms with Crippen molar-refractivity contribution in [1.29, 1.82) is 0 Å². The molecular formula is C26H19Cl2N3O7S. The van der Waals surface area contributed by atoms with E-state index in [4.69, 9.17) is 37.1 Å². The van der Waals surface area contributed by atoms with Gasteiger partial charge in [-0.1, -0.05) is 23.2 Å². The Kier molecular flexibility index (Phi) is 8.55. The van der Waals surface area contributed by atoms with Crippen LogP contribution in [-0.2, 0) is 10.0 Å². The number of furan rings is 1. The van der Waals surface area contributed by atoms with Gasteiger partial charge in [0.05, 0.1) is 24.6 Å². The molecule has 0 spiro atoms. The molecule has 0 fully saturated rings. The SMILES string of the molecule is COc1cc(/C=N/NC(=O)c2ccc(Cl)c(S(=O)(=O)Nc3ccc(Cl)cc3)c2)ccc1OC(=O)c1ccco1. The molecule has 4 aromatic rings. The van der Waals surface area contributed by atoms with E-state index < -0.39 is 21.9 Å². The van der Waals surface area contributed by atoms with Crippen LogP contribution in [0.5, 0.6) is 11.5 Å². The second-order valence-electron chi connectivity index (χ2n) is 7.73. The normalized spacial score (nSPS) is 11.3. The summed E-state index contributed by atoms with van der Waals surface area (Å²) in [5.41, 5.74) is 3.11. The lowest BCUT2D eigenvalue weighted by atomic mass is 10.2. The van der Waals surface area contributed by atoms with Crippen LogP contribution < -0.4 is 19.6 Å². The number of hydrogen-bond acceptors (Lipinski definition) is 8. The number of sulfonamides is 1. The quantitative estimate of drug-likeness (QED) is 0.116. The molecule has 0 bridgehead atoms. The van der Waals surface area contributed by atoms with E-state index in [1.54, 1.807) is 12.1 Å². The number of esters is 1. The number of hydrogen-bond donors (Lipinski definition) is 2. The van der Waals surface area contributed by atoms with Gasteiger partial charge in [-0.3, -0.25) is 9.52 Å². The molecule has 0 saturated carbocycles. The molecule has 0 atom stereocenters. The highest BCUT2D eigenvalue weighted by Gasteiger charge is 2.21. The number of carbonyl (C=O) groups excluding carboxylic acids is 2. The maximum atomic E-state index is 12.9. The third-order valence-corrected chi connectivity index (χ3v) is 7.19. The monoisotopic (exact) mass is 587 g/mol. The minimum absolute atomic E-state index is 0.00537. The average Bonchev–Trinajstić information content (AvgIpc) is 3.46. The lowest BCUT2D eigenvalue weighted by Gasteiger charge is -2.11. The van der Waals surface area contributed by atoms with Crippen molar-refractivity contribution in [1.82, 2.24) is 5.43 Å². The van der Waals surface area contributed by atoms with E-state index in [1.807, 2.05) is 0 Å². The number of nitrogens with one attached hydrogen (secondary N) is 2. The van der Waals surface area contributed by atoms with Crippen molar-refractivity contribution in [3.63, 3.8) is 0 Å². The number of rotatable bonds is 9. The zero-order chi connectivity index (χ0) is 28.0. The van der Waals surface area contributed by atoms with Gasteiger partial charge < -0.3 is 13.9 Å². The van der Waals surface area contributed by atoms with Crippen LogP contribution >= 0.6 is 23.2 Å². The molecular weight excluding hydrogens is 569 g/mol. The highest BCUT2D eigenvalue weighted by molar-refractivity contribution is 7.92. The molecule has 39 heavy (non-hydrogen) atoms. The van der Waals surface area contributed by atoms with Crippen molar-refractivity contribution in [2.45, 2.75) is 4.90 Å². The number of nitrogens with zero attached hydrogens (tertiary/aromatic N) is 1. The fourth-order valence-corrected chi connectivity index (χ4v) is 4.91. The van der Waals surface area contributed by atoms with Crippen LogP contribution in [0, 0.1) is 0 Å². The van der Waals surface area contributed by atoms with Gasteiger partial charge in [0, 0.05) is 16.3 Å². The topological polar surface area (TPSA) is 136 Å². The molecule has 10 nitrogen and oxygen atoms in total. The third kappa shape index (κ3) is 6.96. The number of amides is 1. The van der Waals surface area contributed by atoms with Gasteiger partial charge in [-0.2, -0.15) is 5.10 Å². The number of carbonyl (C=O) groups is 2. The highest BCUT2D eigenvalue weighted by Crippen LogP contribution is 2.29. The van der Waals surface area contributed by atoms with Crippen LogP contribution in [0.1, 0.15) is 26.5 Å². The summed E-state index contributed by atoms with van der Waals surface area (Å²) in [4.78, 5) is 24.5. The molecule has 0 aliphatic rings. The summed E-state index contributed by atoms with van der Waals surface area (Å²) in [5.74, 6) is -0.945. The molecule has 0 unspecified atom stereocenters. The van der Waals surface area contributed by atoms with Gasteiger partial charge in [0.15, 0.2) is 11.5 Å². The smallest absolute Gasteiger partial charge is 0.379 e. The minimum Gasteiger partial charge on any atom is -0.493 e.